The van der Waals surface area contributed by atoms with Gasteiger partial charge < -0.3 is 19.4 Å². The van der Waals surface area contributed by atoms with E-state index in [0.717, 1.165) is 5.56 Å². The van der Waals surface area contributed by atoms with Gasteiger partial charge in [0.25, 0.3) is 0 Å². The van der Waals surface area contributed by atoms with Crippen molar-refractivity contribution in [2.45, 2.75) is 13.2 Å². The Morgan fingerprint density at radius 3 is 3.09 bits per heavy atom. The van der Waals surface area contributed by atoms with E-state index in [9.17, 15) is 10.0 Å². The van der Waals surface area contributed by atoms with E-state index in [2.05, 4.69) is 0 Å². The van der Waals surface area contributed by atoms with E-state index < -0.39 is 5.97 Å². The van der Waals surface area contributed by atoms with Crippen molar-refractivity contribution in [3.05, 3.63) is 63.6 Å². The zero-order chi connectivity index (χ0) is 15.5. The third-order valence-electron chi connectivity index (χ3n) is 3.14. The fraction of sp³-hybridized carbons (Fsp3) is 0.200. The highest BCUT2D eigenvalue weighted by Gasteiger charge is 2.20. The summed E-state index contributed by atoms with van der Waals surface area (Å²) in [6.07, 6.45) is 1.23. The Morgan fingerprint density at radius 1 is 1.41 bits per heavy atom. The molecule has 1 aliphatic heterocycles. The van der Waals surface area contributed by atoms with Crippen molar-refractivity contribution in [2.75, 3.05) is 6.79 Å². The van der Waals surface area contributed by atoms with Crippen LogP contribution in [0.3, 0.4) is 0 Å². The van der Waals surface area contributed by atoms with E-state index in [1.54, 1.807) is 18.2 Å². The van der Waals surface area contributed by atoms with Crippen molar-refractivity contribution in [3.63, 3.8) is 0 Å². The summed E-state index contributed by atoms with van der Waals surface area (Å²) in [5, 5.41) is 12.0. The second-order valence-corrected chi connectivity index (χ2v) is 5.09. The molecule has 6 nitrogen and oxygen atoms in total. The number of rotatable bonds is 3. The number of aromatic nitrogens is 1. The molecule has 0 unspecified atom stereocenters. The molecule has 0 N–H and O–H groups in total. The summed E-state index contributed by atoms with van der Waals surface area (Å²) >= 11 is 6.03. The first-order valence-electron chi connectivity index (χ1n) is 6.52. The quantitative estimate of drug-likeness (QED) is 0.492. The molecular weight excluding hydrogens is 310 g/mol. The van der Waals surface area contributed by atoms with Crippen molar-refractivity contribution in [1.29, 1.82) is 0 Å². The number of nitrogens with zero attached hydrogens (tertiary/aromatic N) is 1. The second-order valence-electron chi connectivity index (χ2n) is 4.65. The number of carbonyl (C=O) groups excluding carboxylic acids is 1. The molecule has 22 heavy (non-hydrogen) atoms. The van der Waals surface area contributed by atoms with Crippen LogP contribution in [0.5, 0.6) is 5.75 Å². The maximum atomic E-state index is 12.0. The van der Waals surface area contributed by atoms with Crippen LogP contribution in [0.4, 0.5) is 0 Å². The Labute approximate surface area is 131 Å². The number of fused-ring (bicyclic) bond motifs is 1. The standard InChI is InChI=1S/C15H12ClNO5/c16-12-5-10-7-20-9-22-14(10)11(6-12)8-21-15(18)13-3-1-2-4-17(13)19/h1-6H,7-9H2. The number of hydrogen-bond acceptors (Lipinski definition) is 5. The molecule has 2 aromatic rings. The Balaban J connectivity index is 1.78. The lowest BCUT2D eigenvalue weighted by Crippen LogP contribution is -2.34. The van der Waals surface area contributed by atoms with Crippen molar-refractivity contribution in [1.82, 2.24) is 0 Å². The number of esters is 1. The molecule has 7 heteroatoms. The van der Waals surface area contributed by atoms with Crippen LogP contribution in [0.15, 0.2) is 36.5 Å². The number of halogens is 1. The first-order chi connectivity index (χ1) is 10.6. The van der Waals surface area contributed by atoms with Gasteiger partial charge in [-0.15, -0.1) is 0 Å². The van der Waals surface area contributed by atoms with E-state index in [0.29, 0.717) is 27.7 Å². The first kappa shape index (κ1) is 14.6. The first-order valence-corrected chi connectivity index (χ1v) is 6.90. The molecule has 0 spiro atoms. The summed E-state index contributed by atoms with van der Waals surface area (Å²) in [6, 6.07) is 7.92. The van der Waals surface area contributed by atoms with Gasteiger partial charge in [0, 0.05) is 28.3 Å². The zero-order valence-corrected chi connectivity index (χ0v) is 12.2. The van der Waals surface area contributed by atoms with Gasteiger partial charge in [-0.2, -0.15) is 4.73 Å². The van der Waals surface area contributed by atoms with Crippen molar-refractivity contribution in [2.24, 2.45) is 0 Å². The number of hydrogen-bond donors (Lipinski definition) is 0. The highest BCUT2D eigenvalue weighted by Crippen LogP contribution is 2.32. The van der Waals surface area contributed by atoms with Crippen LogP contribution in [0.1, 0.15) is 21.6 Å². The molecule has 0 radical (unpaired) electrons. The lowest BCUT2D eigenvalue weighted by atomic mass is 10.1. The van der Waals surface area contributed by atoms with Gasteiger partial charge in [0.05, 0.1) is 6.61 Å². The summed E-state index contributed by atoms with van der Waals surface area (Å²) in [5.74, 6) is -0.108. The predicted molar refractivity (Wildman–Crippen MR) is 76.3 cm³/mol. The van der Waals surface area contributed by atoms with E-state index in [4.69, 9.17) is 25.8 Å². The molecular formula is C15H12ClNO5. The molecule has 114 valence electrons. The Morgan fingerprint density at radius 2 is 2.27 bits per heavy atom. The van der Waals surface area contributed by atoms with E-state index >= 15 is 0 Å². The smallest absolute Gasteiger partial charge is 0.405 e. The maximum absolute atomic E-state index is 12.0. The van der Waals surface area contributed by atoms with Gasteiger partial charge in [0.15, 0.2) is 13.0 Å². The molecule has 0 bridgehead atoms. The van der Waals surface area contributed by atoms with Crippen molar-refractivity contribution in [3.8, 4) is 5.75 Å². The molecule has 3 rings (SSSR count). The second kappa shape index (κ2) is 6.21. The van der Waals surface area contributed by atoms with Crippen LogP contribution in [0.25, 0.3) is 0 Å². The number of pyridine rings is 1. The monoisotopic (exact) mass is 321 g/mol. The fourth-order valence-corrected chi connectivity index (χ4v) is 2.43. The largest absolute Gasteiger partial charge is 0.618 e. The molecule has 1 aliphatic rings. The normalized spacial score (nSPS) is 13.1. The molecule has 0 saturated heterocycles. The maximum Gasteiger partial charge on any atom is 0.405 e. The molecule has 1 aromatic carbocycles. The van der Waals surface area contributed by atoms with Crippen LogP contribution >= 0.6 is 11.6 Å². The zero-order valence-electron chi connectivity index (χ0n) is 11.5. The van der Waals surface area contributed by atoms with Gasteiger partial charge in [-0.1, -0.05) is 11.6 Å². The summed E-state index contributed by atoms with van der Waals surface area (Å²) in [5.41, 5.74) is 1.35. The van der Waals surface area contributed by atoms with Crippen LogP contribution in [-0.4, -0.2) is 12.8 Å². The highest BCUT2D eigenvalue weighted by atomic mass is 35.5. The van der Waals surface area contributed by atoms with Crippen molar-refractivity contribution < 1.29 is 23.7 Å². The van der Waals surface area contributed by atoms with Crippen LogP contribution in [0, 0.1) is 5.21 Å². The SMILES string of the molecule is O=C(OCc1cc(Cl)cc2c1OCOC2)c1cccc[n+]1[O-]. The molecule has 0 saturated carbocycles. The molecule has 0 fully saturated rings. The summed E-state index contributed by atoms with van der Waals surface area (Å²) in [4.78, 5) is 12.0. The topological polar surface area (TPSA) is 71.7 Å². The van der Waals surface area contributed by atoms with Gasteiger partial charge in [0.2, 0.25) is 0 Å². The number of ether oxygens (including phenoxy) is 3. The minimum atomic E-state index is -0.712. The van der Waals surface area contributed by atoms with E-state index in [-0.39, 0.29) is 19.1 Å². The fourth-order valence-electron chi connectivity index (χ4n) is 2.17. The lowest BCUT2D eigenvalue weighted by molar-refractivity contribution is -0.608. The third kappa shape index (κ3) is 2.98. The minimum Gasteiger partial charge on any atom is -0.618 e. The molecule has 0 atom stereocenters. The molecule has 0 aliphatic carbocycles. The van der Waals surface area contributed by atoms with E-state index in [1.807, 2.05) is 0 Å². The minimum absolute atomic E-state index is 0.0450. The van der Waals surface area contributed by atoms with Crippen molar-refractivity contribution >= 4 is 17.6 Å². The van der Waals surface area contributed by atoms with Crippen LogP contribution < -0.4 is 9.47 Å². The van der Waals surface area contributed by atoms with Gasteiger partial charge >= 0.3 is 11.7 Å². The summed E-state index contributed by atoms with van der Waals surface area (Å²) < 4.78 is 16.3. The molecule has 1 aromatic heterocycles. The van der Waals surface area contributed by atoms with Gasteiger partial charge in [-0.3, -0.25) is 0 Å². The average molecular weight is 322 g/mol. The van der Waals surface area contributed by atoms with Gasteiger partial charge in [0.1, 0.15) is 12.4 Å². The third-order valence-corrected chi connectivity index (χ3v) is 3.36. The number of benzene rings is 1. The Hall–Kier alpha value is -2.31. The number of carbonyl (C=O) groups is 1. The summed E-state index contributed by atoms with van der Waals surface area (Å²) in [6.45, 7) is 0.474. The van der Waals surface area contributed by atoms with Gasteiger partial charge in [-0.05, 0) is 18.2 Å². The lowest BCUT2D eigenvalue weighted by Gasteiger charge is -2.20. The summed E-state index contributed by atoms with van der Waals surface area (Å²) in [7, 11) is 0. The Kier molecular flexibility index (Phi) is 4.13. The van der Waals surface area contributed by atoms with Crippen LogP contribution in [-0.2, 0) is 22.7 Å². The highest BCUT2D eigenvalue weighted by molar-refractivity contribution is 6.30. The molecule has 2 heterocycles. The molecule has 0 amide bonds. The Bertz CT molecular complexity index is 719. The predicted octanol–water partition coefficient (Wildman–Crippen LogP) is 2.20. The van der Waals surface area contributed by atoms with E-state index in [1.165, 1.54) is 18.3 Å². The van der Waals surface area contributed by atoms with Crippen LogP contribution in [0.2, 0.25) is 5.02 Å². The average Bonchev–Trinajstić information content (AvgIpc) is 2.52. The van der Waals surface area contributed by atoms with Gasteiger partial charge in [-0.25, -0.2) is 4.79 Å².